The zero-order valence-corrected chi connectivity index (χ0v) is 18.0. The first-order valence-corrected chi connectivity index (χ1v) is 11.2. The minimum Gasteiger partial charge on any atom is -0.285 e. The average Bonchev–Trinajstić information content (AvgIpc) is 3.16. The van der Waals surface area contributed by atoms with Crippen LogP contribution >= 0.6 is 58.1 Å². The molecule has 2 aromatic carbocycles. The fourth-order valence-corrected chi connectivity index (χ4v) is 6.56. The topological polar surface area (TPSA) is 59.1 Å². The van der Waals surface area contributed by atoms with Crippen LogP contribution in [0.1, 0.15) is 12.0 Å². The van der Waals surface area contributed by atoms with Crippen molar-refractivity contribution in [3.8, 4) is 11.8 Å². The number of halogens is 2. The minimum absolute atomic E-state index is 0.194. The number of thiazole rings is 1. The van der Waals surface area contributed by atoms with Crippen molar-refractivity contribution in [3.05, 3.63) is 58.1 Å². The molecular weight excluding hydrogens is 455 g/mol. The maximum Gasteiger partial charge on any atom is 0.287 e. The molecule has 9 heteroatoms. The van der Waals surface area contributed by atoms with E-state index < -0.39 is 4.08 Å². The second-order valence-electron chi connectivity index (χ2n) is 5.78. The van der Waals surface area contributed by atoms with Gasteiger partial charge in [-0.2, -0.15) is 0 Å². The Morgan fingerprint density at radius 1 is 1.11 bits per heavy atom. The molecule has 1 saturated heterocycles. The summed E-state index contributed by atoms with van der Waals surface area (Å²) in [6.07, 6.45) is 0.194. The third kappa shape index (κ3) is 4.17. The van der Waals surface area contributed by atoms with E-state index in [9.17, 15) is 9.59 Å². The molecule has 140 valence electrons. The van der Waals surface area contributed by atoms with Gasteiger partial charge in [0.1, 0.15) is 0 Å². The summed E-state index contributed by atoms with van der Waals surface area (Å²) in [4.78, 5) is 29.0. The van der Waals surface area contributed by atoms with E-state index in [4.69, 9.17) is 23.2 Å². The fraction of sp³-hybridized carbons (Fsp3) is 0.105. The number of thioether (sulfide) groups is 2. The predicted molar refractivity (Wildman–Crippen MR) is 117 cm³/mol. The number of imide groups is 1. The Hall–Kier alpha value is -1.69. The number of nitrogens with zero attached hydrogens (tertiary/aromatic N) is 1. The van der Waals surface area contributed by atoms with Crippen molar-refractivity contribution in [3.63, 3.8) is 0 Å². The smallest absolute Gasteiger partial charge is 0.285 e. The van der Waals surface area contributed by atoms with Crippen LogP contribution in [0, 0.1) is 11.8 Å². The van der Waals surface area contributed by atoms with Crippen molar-refractivity contribution in [2.75, 3.05) is 0 Å². The number of carbonyl (C=O) groups excluding carboxylic acids is 2. The second-order valence-corrected chi connectivity index (χ2v) is 10.8. The normalized spacial score (nSPS) is 18.8. The number of amides is 2. The molecule has 1 fully saturated rings. The fourth-order valence-electron chi connectivity index (χ4n) is 2.49. The number of nitrogens with one attached hydrogen (secondary N) is 1. The van der Waals surface area contributed by atoms with E-state index in [1.165, 1.54) is 23.1 Å². The molecule has 28 heavy (non-hydrogen) atoms. The highest BCUT2D eigenvalue weighted by molar-refractivity contribution is 8.27. The van der Waals surface area contributed by atoms with Crippen molar-refractivity contribution in [2.24, 2.45) is 0 Å². The number of aromatic nitrogens is 1. The standard InChI is InChI=1S/C19H10Cl2N2O2S3/c20-12-5-3-11(4-6-12)2-1-9-19(16(24)23-17(25)27-19)28-18-22-14-10-13(21)7-8-15(14)26-18/h3-8,10H,9H2,(H,23,24,25). The lowest BCUT2D eigenvalue weighted by atomic mass is 10.2. The lowest BCUT2D eigenvalue weighted by Crippen LogP contribution is -2.33. The summed E-state index contributed by atoms with van der Waals surface area (Å²) >= 11 is 15.6. The lowest BCUT2D eigenvalue weighted by Gasteiger charge is -2.18. The van der Waals surface area contributed by atoms with Crippen LogP contribution in [0.3, 0.4) is 0 Å². The van der Waals surface area contributed by atoms with Gasteiger partial charge in [0.05, 0.1) is 10.2 Å². The van der Waals surface area contributed by atoms with Gasteiger partial charge in [0.25, 0.3) is 11.1 Å². The van der Waals surface area contributed by atoms with Crippen LogP contribution in [0.4, 0.5) is 4.79 Å². The highest BCUT2D eigenvalue weighted by Gasteiger charge is 2.49. The van der Waals surface area contributed by atoms with Crippen LogP contribution in [0.2, 0.25) is 10.0 Å². The van der Waals surface area contributed by atoms with E-state index in [1.54, 1.807) is 36.4 Å². The summed E-state index contributed by atoms with van der Waals surface area (Å²) in [5, 5.41) is 3.21. The minimum atomic E-state index is -1.08. The first-order chi connectivity index (χ1) is 13.4. The van der Waals surface area contributed by atoms with Gasteiger partial charge in [-0.25, -0.2) is 4.98 Å². The van der Waals surface area contributed by atoms with Gasteiger partial charge >= 0.3 is 0 Å². The lowest BCUT2D eigenvalue weighted by molar-refractivity contribution is -0.119. The molecule has 1 atom stereocenters. The third-order valence-electron chi connectivity index (χ3n) is 3.80. The first-order valence-electron chi connectivity index (χ1n) is 7.97. The molecule has 1 unspecified atom stereocenters. The van der Waals surface area contributed by atoms with Crippen LogP contribution in [-0.2, 0) is 4.79 Å². The zero-order valence-electron chi connectivity index (χ0n) is 14.0. The van der Waals surface area contributed by atoms with Gasteiger partial charge in [-0.15, -0.1) is 11.3 Å². The number of fused-ring (bicyclic) bond motifs is 1. The van der Waals surface area contributed by atoms with E-state index in [2.05, 4.69) is 22.1 Å². The molecule has 0 bridgehead atoms. The predicted octanol–water partition coefficient (Wildman–Crippen LogP) is 5.82. The van der Waals surface area contributed by atoms with Gasteiger partial charge in [0.2, 0.25) is 0 Å². The highest BCUT2D eigenvalue weighted by atomic mass is 35.5. The number of carbonyl (C=O) groups is 2. The Bertz CT molecular complexity index is 1150. The van der Waals surface area contributed by atoms with Crippen LogP contribution in [0.5, 0.6) is 0 Å². The van der Waals surface area contributed by atoms with Gasteiger partial charge in [0, 0.05) is 22.0 Å². The number of hydrogen-bond acceptors (Lipinski definition) is 6. The largest absolute Gasteiger partial charge is 0.287 e. The molecule has 1 aromatic heterocycles. The molecule has 1 N–H and O–H groups in total. The molecule has 2 amide bonds. The Balaban J connectivity index is 1.62. The van der Waals surface area contributed by atoms with E-state index in [0.29, 0.717) is 14.4 Å². The molecule has 4 rings (SSSR count). The maximum absolute atomic E-state index is 12.6. The average molecular weight is 465 g/mol. The zero-order chi connectivity index (χ0) is 19.7. The number of benzene rings is 2. The first kappa shape index (κ1) is 19.6. The van der Waals surface area contributed by atoms with Crippen molar-refractivity contribution in [2.45, 2.75) is 14.8 Å². The summed E-state index contributed by atoms with van der Waals surface area (Å²) in [6.45, 7) is 0. The molecule has 0 saturated carbocycles. The van der Waals surface area contributed by atoms with Crippen LogP contribution in [0.15, 0.2) is 46.8 Å². The third-order valence-corrected chi connectivity index (χ3v) is 7.99. The van der Waals surface area contributed by atoms with Gasteiger partial charge in [-0.1, -0.05) is 46.8 Å². The molecule has 4 nitrogen and oxygen atoms in total. The highest BCUT2D eigenvalue weighted by Crippen LogP contribution is 2.49. The van der Waals surface area contributed by atoms with Crippen LogP contribution in [0.25, 0.3) is 10.2 Å². The van der Waals surface area contributed by atoms with E-state index in [1.807, 2.05) is 6.07 Å². The molecule has 1 aliphatic rings. The molecular formula is C19H10Cl2N2O2S3. The van der Waals surface area contributed by atoms with Crippen molar-refractivity contribution < 1.29 is 9.59 Å². The Kier molecular flexibility index (Phi) is 5.59. The van der Waals surface area contributed by atoms with Crippen molar-refractivity contribution in [1.82, 2.24) is 10.3 Å². The Morgan fingerprint density at radius 2 is 1.86 bits per heavy atom. The van der Waals surface area contributed by atoms with Crippen LogP contribution < -0.4 is 5.32 Å². The molecule has 1 aliphatic heterocycles. The maximum atomic E-state index is 12.6. The van der Waals surface area contributed by atoms with Crippen molar-refractivity contribution >= 4 is 79.4 Å². The summed E-state index contributed by atoms with van der Waals surface area (Å²) in [5.41, 5.74) is 1.55. The summed E-state index contributed by atoms with van der Waals surface area (Å²) < 4.78 is 0.570. The molecule has 2 heterocycles. The summed E-state index contributed by atoms with van der Waals surface area (Å²) in [6, 6.07) is 12.6. The summed E-state index contributed by atoms with van der Waals surface area (Å²) in [7, 11) is 0. The van der Waals surface area contributed by atoms with E-state index in [-0.39, 0.29) is 17.6 Å². The monoisotopic (exact) mass is 464 g/mol. The van der Waals surface area contributed by atoms with E-state index in [0.717, 1.165) is 27.5 Å². The molecule has 0 aliphatic carbocycles. The number of hydrogen-bond donors (Lipinski definition) is 1. The SMILES string of the molecule is O=C1NC(=O)C(CC#Cc2ccc(Cl)cc2)(Sc2nc3cc(Cl)ccc3s2)S1. The molecule has 3 aromatic rings. The van der Waals surface area contributed by atoms with Crippen LogP contribution in [-0.4, -0.2) is 20.2 Å². The quantitative estimate of drug-likeness (QED) is 0.495. The van der Waals surface area contributed by atoms with Gasteiger partial charge < -0.3 is 0 Å². The van der Waals surface area contributed by atoms with E-state index >= 15 is 0 Å². The Labute approximate surface area is 183 Å². The second kappa shape index (κ2) is 7.97. The van der Waals surface area contributed by atoms with Crippen molar-refractivity contribution in [1.29, 1.82) is 0 Å². The van der Waals surface area contributed by atoms with Gasteiger partial charge in [-0.05, 0) is 54.2 Å². The van der Waals surface area contributed by atoms with Gasteiger partial charge in [-0.3, -0.25) is 14.9 Å². The van der Waals surface area contributed by atoms with Gasteiger partial charge in [0.15, 0.2) is 8.42 Å². The summed E-state index contributed by atoms with van der Waals surface area (Å²) in [5.74, 6) is 5.68. The number of rotatable bonds is 3. The molecule has 0 radical (unpaired) electrons. The molecule has 0 spiro atoms. The Morgan fingerprint density at radius 3 is 2.57 bits per heavy atom.